The molecular formula is C27H28N2O5. The van der Waals surface area contributed by atoms with Crippen LogP contribution < -0.4 is 5.32 Å². The van der Waals surface area contributed by atoms with Crippen molar-refractivity contribution in [1.29, 1.82) is 0 Å². The molecule has 34 heavy (non-hydrogen) atoms. The van der Waals surface area contributed by atoms with E-state index in [2.05, 4.69) is 5.32 Å². The van der Waals surface area contributed by atoms with Crippen molar-refractivity contribution in [1.82, 2.24) is 5.32 Å². The Morgan fingerprint density at radius 2 is 1.79 bits per heavy atom. The normalized spacial score (nSPS) is 21.3. The molecule has 0 aromatic heterocycles. The number of nitro benzene ring substituents is 1. The smallest absolute Gasteiger partial charge is 0.336 e. The first-order valence-corrected chi connectivity index (χ1v) is 11.4. The Bertz CT molecular complexity index is 1200. The van der Waals surface area contributed by atoms with Gasteiger partial charge in [0, 0.05) is 41.8 Å². The van der Waals surface area contributed by atoms with E-state index in [0.717, 1.165) is 5.56 Å². The van der Waals surface area contributed by atoms with Crippen molar-refractivity contribution < 1.29 is 19.2 Å². The molecule has 0 saturated heterocycles. The zero-order chi connectivity index (χ0) is 24.5. The van der Waals surface area contributed by atoms with Gasteiger partial charge in [-0.1, -0.05) is 68.5 Å². The molecule has 1 aliphatic heterocycles. The zero-order valence-electron chi connectivity index (χ0n) is 19.5. The minimum Gasteiger partial charge on any atom is -0.462 e. The van der Waals surface area contributed by atoms with Gasteiger partial charge in [-0.3, -0.25) is 14.9 Å². The number of esters is 1. The Balaban J connectivity index is 1.74. The second-order valence-electron chi connectivity index (χ2n) is 9.54. The van der Waals surface area contributed by atoms with Crippen LogP contribution in [0.2, 0.25) is 0 Å². The average molecular weight is 461 g/mol. The lowest BCUT2D eigenvalue weighted by Crippen LogP contribution is -2.43. The molecule has 2 aliphatic rings. The first kappa shape index (κ1) is 23.4. The highest BCUT2D eigenvalue weighted by atomic mass is 16.6. The van der Waals surface area contributed by atoms with Crippen LogP contribution >= 0.6 is 0 Å². The van der Waals surface area contributed by atoms with Gasteiger partial charge >= 0.3 is 5.97 Å². The lowest BCUT2D eigenvalue weighted by Gasteiger charge is -2.41. The fraction of sp³-hybridized carbons (Fsp3) is 0.333. The topological polar surface area (TPSA) is 98.5 Å². The molecule has 0 bridgehead atoms. The van der Waals surface area contributed by atoms with E-state index in [1.165, 1.54) is 6.07 Å². The number of Topliss-reactive ketones (excluding diaryl/α,β-unsaturated/α-hetero) is 1. The lowest BCUT2D eigenvalue weighted by molar-refractivity contribution is -0.385. The highest BCUT2D eigenvalue weighted by Gasteiger charge is 2.47. The number of benzene rings is 2. The SMILES string of the molecule is CC1=C(C(=O)OCCc2ccccc2)C(c2ccccc2[N+](=O)[O-])C2C(=O)CC(C)(C)C=C2N1. The molecule has 2 unspecified atom stereocenters. The van der Waals surface area contributed by atoms with E-state index in [-0.39, 0.29) is 35.5 Å². The van der Waals surface area contributed by atoms with Crippen LogP contribution in [0.5, 0.6) is 0 Å². The van der Waals surface area contributed by atoms with Gasteiger partial charge in [0.1, 0.15) is 5.78 Å². The van der Waals surface area contributed by atoms with Gasteiger partial charge in [0.05, 0.1) is 23.0 Å². The van der Waals surface area contributed by atoms with Crippen LogP contribution in [0, 0.1) is 21.4 Å². The number of hydrogen-bond donors (Lipinski definition) is 1. The van der Waals surface area contributed by atoms with E-state index < -0.39 is 22.7 Å². The summed E-state index contributed by atoms with van der Waals surface area (Å²) in [5, 5.41) is 15.1. The molecule has 1 N–H and O–H groups in total. The van der Waals surface area contributed by atoms with Crippen LogP contribution in [-0.4, -0.2) is 23.3 Å². The number of nitrogens with one attached hydrogen (secondary N) is 1. The molecule has 0 radical (unpaired) electrons. The van der Waals surface area contributed by atoms with Crippen molar-refractivity contribution in [2.24, 2.45) is 11.3 Å². The minimum absolute atomic E-state index is 0.0553. The van der Waals surface area contributed by atoms with Gasteiger partial charge in [-0.15, -0.1) is 0 Å². The van der Waals surface area contributed by atoms with E-state index in [9.17, 15) is 19.7 Å². The number of hydrogen-bond acceptors (Lipinski definition) is 6. The number of ether oxygens (including phenoxy) is 1. The molecular weight excluding hydrogens is 432 g/mol. The van der Waals surface area contributed by atoms with Gasteiger partial charge in [-0.2, -0.15) is 0 Å². The summed E-state index contributed by atoms with van der Waals surface area (Å²) in [6.07, 6.45) is 2.83. The fourth-order valence-corrected chi connectivity index (χ4v) is 4.97. The summed E-state index contributed by atoms with van der Waals surface area (Å²) in [5.74, 6) is -2.14. The van der Waals surface area contributed by atoms with E-state index in [1.54, 1.807) is 25.1 Å². The van der Waals surface area contributed by atoms with Crippen LogP contribution in [0.3, 0.4) is 0 Å². The number of nitrogens with zero attached hydrogens (tertiary/aromatic N) is 1. The Kier molecular flexibility index (Phi) is 6.37. The standard InChI is InChI=1S/C27H28N2O5/c1-17-23(26(31)34-14-13-18-9-5-4-6-10-18)24(19-11-7-8-12-21(19)29(32)33)25-20(28-17)15-27(2,3)16-22(25)30/h4-12,15,24-25,28H,13-14,16H2,1-3H3. The molecule has 2 aromatic carbocycles. The van der Waals surface area contributed by atoms with E-state index in [1.807, 2.05) is 50.3 Å². The number of carbonyl (C=O) groups excluding carboxylic acids is 2. The summed E-state index contributed by atoms with van der Waals surface area (Å²) in [6.45, 7) is 5.86. The fourth-order valence-electron chi connectivity index (χ4n) is 4.97. The van der Waals surface area contributed by atoms with Gasteiger partial charge in [0.2, 0.25) is 0 Å². The Labute approximate surface area is 198 Å². The van der Waals surface area contributed by atoms with Gasteiger partial charge in [-0.25, -0.2) is 4.79 Å². The Morgan fingerprint density at radius 3 is 2.50 bits per heavy atom. The summed E-state index contributed by atoms with van der Waals surface area (Å²) in [7, 11) is 0. The van der Waals surface area contributed by atoms with Crippen LogP contribution in [0.1, 0.15) is 44.2 Å². The van der Waals surface area contributed by atoms with Gasteiger partial charge in [0.25, 0.3) is 5.69 Å². The molecule has 0 saturated carbocycles. The number of nitro groups is 1. The van der Waals surface area contributed by atoms with Crippen molar-refractivity contribution >= 4 is 17.4 Å². The predicted octanol–water partition coefficient (Wildman–Crippen LogP) is 4.84. The van der Waals surface area contributed by atoms with Gasteiger partial charge < -0.3 is 10.1 Å². The second kappa shape index (κ2) is 9.25. The molecule has 7 nitrogen and oxygen atoms in total. The molecule has 2 aromatic rings. The molecule has 0 spiro atoms. The third-order valence-electron chi connectivity index (χ3n) is 6.39. The lowest BCUT2D eigenvalue weighted by atomic mass is 9.66. The molecule has 0 fully saturated rings. The Hall–Kier alpha value is -3.74. The van der Waals surface area contributed by atoms with E-state index in [4.69, 9.17) is 4.74 Å². The summed E-state index contributed by atoms with van der Waals surface area (Å²) >= 11 is 0. The average Bonchev–Trinajstić information content (AvgIpc) is 2.77. The molecule has 1 aliphatic carbocycles. The maximum Gasteiger partial charge on any atom is 0.336 e. The van der Waals surface area contributed by atoms with Crippen molar-refractivity contribution in [3.05, 3.63) is 98.9 Å². The number of ketones is 1. The van der Waals surface area contributed by atoms with E-state index in [0.29, 0.717) is 23.4 Å². The Morgan fingerprint density at radius 1 is 1.12 bits per heavy atom. The molecule has 7 heteroatoms. The number of rotatable bonds is 6. The molecule has 176 valence electrons. The number of para-hydroxylation sites is 1. The van der Waals surface area contributed by atoms with Gasteiger partial charge in [0.15, 0.2) is 0 Å². The monoisotopic (exact) mass is 460 g/mol. The zero-order valence-corrected chi connectivity index (χ0v) is 19.5. The third kappa shape index (κ3) is 4.64. The molecule has 4 rings (SSSR count). The maximum absolute atomic E-state index is 13.4. The van der Waals surface area contributed by atoms with Crippen molar-refractivity contribution in [3.8, 4) is 0 Å². The summed E-state index contributed by atoms with van der Waals surface area (Å²) in [6, 6.07) is 16.0. The molecule has 1 heterocycles. The van der Waals surface area contributed by atoms with Crippen LogP contribution in [-0.2, 0) is 20.7 Å². The van der Waals surface area contributed by atoms with Crippen molar-refractivity contribution in [2.45, 2.75) is 39.5 Å². The van der Waals surface area contributed by atoms with Crippen LogP contribution in [0.15, 0.2) is 77.6 Å². The summed E-state index contributed by atoms with van der Waals surface area (Å²) < 4.78 is 5.63. The van der Waals surface area contributed by atoms with E-state index >= 15 is 0 Å². The second-order valence-corrected chi connectivity index (χ2v) is 9.54. The van der Waals surface area contributed by atoms with Crippen molar-refractivity contribution in [3.63, 3.8) is 0 Å². The molecule has 2 atom stereocenters. The number of fused-ring (bicyclic) bond motifs is 1. The van der Waals surface area contributed by atoms with Crippen LogP contribution in [0.4, 0.5) is 5.69 Å². The third-order valence-corrected chi connectivity index (χ3v) is 6.39. The first-order chi connectivity index (χ1) is 16.2. The maximum atomic E-state index is 13.4. The molecule has 0 amide bonds. The quantitative estimate of drug-likeness (QED) is 0.376. The summed E-state index contributed by atoms with van der Waals surface area (Å²) in [5.41, 5.74) is 2.40. The first-order valence-electron chi connectivity index (χ1n) is 11.4. The highest BCUT2D eigenvalue weighted by Crippen LogP contribution is 2.48. The summed E-state index contributed by atoms with van der Waals surface area (Å²) in [4.78, 5) is 38.1. The van der Waals surface area contributed by atoms with Crippen LogP contribution in [0.25, 0.3) is 0 Å². The number of allylic oxidation sites excluding steroid dienone is 3. The highest BCUT2D eigenvalue weighted by molar-refractivity contribution is 5.96. The number of carbonyl (C=O) groups is 2. The van der Waals surface area contributed by atoms with Gasteiger partial charge in [-0.05, 0) is 17.9 Å². The minimum atomic E-state index is -0.804. The van der Waals surface area contributed by atoms with Crippen molar-refractivity contribution in [2.75, 3.05) is 6.61 Å². The predicted molar refractivity (Wildman–Crippen MR) is 128 cm³/mol. The largest absolute Gasteiger partial charge is 0.462 e.